The van der Waals surface area contributed by atoms with Crippen LogP contribution in [0.1, 0.15) is 15.9 Å². The van der Waals surface area contributed by atoms with Crippen molar-refractivity contribution >= 4 is 16.9 Å². The second kappa shape index (κ2) is 5.63. The van der Waals surface area contributed by atoms with E-state index < -0.39 is 5.97 Å². The smallest absolute Gasteiger partial charge is 0.335 e. The van der Waals surface area contributed by atoms with Crippen molar-refractivity contribution < 1.29 is 14.6 Å². The van der Waals surface area contributed by atoms with Gasteiger partial charge in [-0.25, -0.2) is 4.79 Å². The molecule has 1 N–H and O–H groups in total. The first-order valence-electron chi connectivity index (χ1n) is 6.53. The minimum absolute atomic E-state index is 0.257. The van der Waals surface area contributed by atoms with E-state index in [1.807, 2.05) is 36.4 Å². The zero-order valence-corrected chi connectivity index (χ0v) is 11.2. The lowest BCUT2D eigenvalue weighted by Gasteiger charge is -2.09. The lowest BCUT2D eigenvalue weighted by Crippen LogP contribution is -2.00. The number of aromatic nitrogens is 1. The first-order chi connectivity index (χ1) is 10.2. The van der Waals surface area contributed by atoms with Gasteiger partial charge >= 0.3 is 5.97 Å². The Hall–Kier alpha value is -2.88. The molecule has 0 spiro atoms. The summed E-state index contributed by atoms with van der Waals surface area (Å²) < 4.78 is 5.78. The van der Waals surface area contributed by atoms with Gasteiger partial charge in [-0.1, -0.05) is 30.3 Å². The van der Waals surface area contributed by atoms with Crippen LogP contribution in [-0.4, -0.2) is 16.1 Å². The highest BCUT2D eigenvalue weighted by Crippen LogP contribution is 2.23. The zero-order valence-electron chi connectivity index (χ0n) is 11.2. The Kier molecular flexibility index (Phi) is 3.51. The number of fused-ring (bicyclic) bond motifs is 1. The molecule has 21 heavy (non-hydrogen) atoms. The standard InChI is InChI=1S/C17H13NO3/c19-17(20)14-6-1-4-12(10-14)11-21-15-8-2-5-13-7-3-9-18-16(13)15/h1-10H,11H2,(H,19,20). The number of nitrogens with zero attached hydrogens (tertiary/aromatic N) is 1. The van der Waals surface area contributed by atoms with Crippen molar-refractivity contribution in [1.29, 1.82) is 0 Å². The molecule has 0 saturated carbocycles. The molecule has 0 aliphatic carbocycles. The summed E-state index contributed by atoms with van der Waals surface area (Å²) in [5, 5.41) is 9.99. The van der Waals surface area contributed by atoms with Crippen molar-refractivity contribution in [3.8, 4) is 5.75 Å². The van der Waals surface area contributed by atoms with Gasteiger partial charge in [0.05, 0.1) is 5.56 Å². The van der Waals surface area contributed by atoms with Crippen LogP contribution < -0.4 is 4.74 Å². The SMILES string of the molecule is O=C(O)c1cccc(COc2cccc3cccnc23)c1. The highest BCUT2D eigenvalue weighted by Gasteiger charge is 2.06. The first-order valence-corrected chi connectivity index (χ1v) is 6.53. The van der Waals surface area contributed by atoms with Gasteiger partial charge in [-0.05, 0) is 29.8 Å². The van der Waals surface area contributed by atoms with Crippen molar-refractivity contribution in [2.75, 3.05) is 0 Å². The summed E-state index contributed by atoms with van der Waals surface area (Å²) in [6.45, 7) is 0.302. The van der Waals surface area contributed by atoms with Gasteiger partial charge in [0, 0.05) is 11.6 Å². The molecule has 4 heteroatoms. The quantitative estimate of drug-likeness (QED) is 0.794. The molecule has 0 fully saturated rings. The number of para-hydroxylation sites is 1. The number of rotatable bonds is 4. The number of hydrogen-bond acceptors (Lipinski definition) is 3. The molecule has 3 rings (SSSR count). The van der Waals surface area contributed by atoms with E-state index >= 15 is 0 Å². The second-order valence-electron chi connectivity index (χ2n) is 4.63. The van der Waals surface area contributed by atoms with Gasteiger partial charge < -0.3 is 9.84 Å². The van der Waals surface area contributed by atoms with E-state index in [0.717, 1.165) is 16.5 Å². The van der Waals surface area contributed by atoms with Gasteiger partial charge in [-0.3, -0.25) is 4.98 Å². The number of pyridine rings is 1. The molecule has 0 unspecified atom stereocenters. The third kappa shape index (κ3) is 2.84. The minimum Gasteiger partial charge on any atom is -0.487 e. The Bertz CT molecular complexity index is 793. The largest absolute Gasteiger partial charge is 0.487 e. The number of ether oxygens (including phenoxy) is 1. The predicted octanol–water partition coefficient (Wildman–Crippen LogP) is 3.51. The highest BCUT2D eigenvalue weighted by atomic mass is 16.5. The number of benzene rings is 2. The van der Waals surface area contributed by atoms with Crippen molar-refractivity contribution in [1.82, 2.24) is 4.98 Å². The van der Waals surface area contributed by atoms with Crippen molar-refractivity contribution in [2.45, 2.75) is 6.61 Å². The van der Waals surface area contributed by atoms with Crippen LogP contribution in [0.25, 0.3) is 10.9 Å². The van der Waals surface area contributed by atoms with Crippen LogP contribution in [0.5, 0.6) is 5.75 Å². The fourth-order valence-corrected chi connectivity index (χ4v) is 2.15. The van der Waals surface area contributed by atoms with Crippen LogP contribution in [0, 0.1) is 0 Å². The van der Waals surface area contributed by atoms with Crippen molar-refractivity contribution in [2.24, 2.45) is 0 Å². The third-order valence-corrected chi connectivity index (χ3v) is 3.16. The zero-order chi connectivity index (χ0) is 14.7. The van der Waals surface area contributed by atoms with Crippen LogP contribution in [0.15, 0.2) is 60.8 Å². The lowest BCUT2D eigenvalue weighted by atomic mass is 10.1. The molecular weight excluding hydrogens is 266 g/mol. The number of carboxylic acid groups (broad SMARTS) is 1. The fraction of sp³-hybridized carbons (Fsp3) is 0.0588. The van der Waals surface area contributed by atoms with Crippen molar-refractivity contribution in [3.05, 3.63) is 71.9 Å². The van der Waals surface area contributed by atoms with E-state index in [0.29, 0.717) is 12.4 Å². The molecule has 3 aromatic rings. The molecular formula is C17H13NO3. The fourth-order valence-electron chi connectivity index (χ4n) is 2.15. The minimum atomic E-state index is -0.941. The molecule has 0 aliphatic heterocycles. The molecule has 0 aliphatic rings. The maximum absolute atomic E-state index is 11.0. The highest BCUT2D eigenvalue weighted by molar-refractivity contribution is 5.87. The number of carboxylic acids is 1. The van der Waals surface area contributed by atoms with Gasteiger partial charge in [0.1, 0.15) is 17.9 Å². The van der Waals surface area contributed by atoms with E-state index in [9.17, 15) is 4.79 Å². The van der Waals surface area contributed by atoms with E-state index in [1.54, 1.807) is 24.4 Å². The van der Waals surface area contributed by atoms with Gasteiger partial charge in [0.2, 0.25) is 0 Å². The average Bonchev–Trinajstić information content (AvgIpc) is 2.53. The summed E-state index contributed by atoms with van der Waals surface area (Å²) in [6.07, 6.45) is 1.72. The maximum atomic E-state index is 11.0. The molecule has 4 nitrogen and oxygen atoms in total. The Morgan fingerprint density at radius 3 is 2.76 bits per heavy atom. The predicted molar refractivity (Wildman–Crippen MR) is 79.5 cm³/mol. The molecule has 2 aromatic carbocycles. The molecule has 0 atom stereocenters. The van der Waals surface area contributed by atoms with Gasteiger partial charge in [-0.2, -0.15) is 0 Å². The summed E-state index contributed by atoms with van der Waals surface area (Å²) >= 11 is 0. The summed E-state index contributed by atoms with van der Waals surface area (Å²) in [5.41, 5.74) is 1.87. The molecule has 104 valence electrons. The third-order valence-electron chi connectivity index (χ3n) is 3.16. The Morgan fingerprint density at radius 1 is 1.10 bits per heavy atom. The van der Waals surface area contributed by atoms with Crippen LogP contribution >= 0.6 is 0 Å². The topological polar surface area (TPSA) is 59.4 Å². The molecule has 1 aromatic heterocycles. The summed E-state index contributed by atoms with van der Waals surface area (Å²) in [6, 6.07) is 16.3. The number of aromatic carboxylic acids is 1. The van der Waals surface area contributed by atoms with Crippen LogP contribution in [-0.2, 0) is 6.61 Å². The molecule has 1 heterocycles. The van der Waals surface area contributed by atoms with Crippen molar-refractivity contribution in [3.63, 3.8) is 0 Å². The van der Waals surface area contributed by atoms with Crippen LogP contribution in [0.2, 0.25) is 0 Å². The van der Waals surface area contributed by atoms with E-state index in [-0.39, 0.29) is 5.56 Å². The van der Waals surface area contributed by atoms with E-state index in [2.05, 4.69) is 4.98 Å². The van der Waals surface area contributed by atoms with Gasteiger partial charge in [0.25, 0.3) is 0 Å². The van der Waals surface area contributed by atoms with E-state index in [4.69, 9.17) is 9.84 Å². The average molecular weight is 279 g/mol. The Labute approximate surface area is 121 Å². The lowest BCUT2D eigenvalue weighted by molar-refractivity contribution is 0.0696. The van der Waals surface area contributed by atoms with Crippen LogP contribution in [0.3, 0.4) is 0 Å². The molecule has 0 bridgehead atoms. The monoisotopic (exact) mass is 279 g/mol. The second-order valence-corrected chi connectivity index (χ2v) is 4.63. The van der Waals surface area contributed by atoms with Gasteiger partial charge in [0.15, 0.2) is 0 Å². The Balaban J connectivity index is 1.84. The normalized spacial score (nSPS) is 10.5. The number of carbonyl (C=O) groups is 1. The summed E-state index contributed by atoms with van der Waals surface area (Å²) in [7, 11) is 0. The number of hydrogen-bond donors (Lipinski definition) is 1. The first kappa shape index (κ1) is 13.1. The van der Waals surface area contributed by atoms with Gasteiger partial charge in [-0.15, -0.1) is 0 Å². The van der Waals surface area contributed by atoms with E-state index in [1.165, 1.54) is 0 Å². The molecule has 0 saturated heterocycles. The summed E-state index contributed by atoms with van der Waals surface area (Å²) in [5.74, 6) is -0.252. The van der Waals surface area contributed by atoms with Crippen LogP contribution in [0.4, 0.5) is 0 Å². The maximum Gasteiger partial charge on any atom is 0.335 e. The molecule has 0 amide bonds. The Morgan fingerprint density at radius 2 is 1.90 bits per heavy atom. The molecule has 0 radical (unpaired) electrons. The summed E-state index contributed by atoms with van der Waals surface area (Å²) in [4.78, 5) is 15.3.